The molecule has 17 heavy (non-hydrogen) atoms. The summed E-state index contributed by atoms with van der Waals surface area (Å²) in [6.45, 7) is 5.86. The molecule has 1 aliphatic rings. The molecule has 2 rings (SSSR count). The van der Waals surface area contributed by atoms with Crippen molar-refractivity contribution in [2.75, 3.05) is 0 Å². The Morgan fingerprint density at radius 2 is 2.06 bits per heavy atom. The molecule has 1 aromatic carbocycles. The number of phenolic OH excluding ortho intramolecular Hbond substituents is 1. The zero-order valence-corrected chi connectivity index (χ0v) is 10.6. The van der Waals surface area contributed by atoms with Crippen LogP contribution in [0.1, 0.15) is 42.6 Å². The monoisotopic (exact) mass is 233 g/mol. The third kappa shape index (κ3) is 2.43. The van der Waals surface area contributed by atoms with Crippen LogP contribution < -0.4 is 5.32 Å². The van der Waals surface area contributed by atoms with Crippen LogP contribution in [0.2, 0.25) is 0 Å². The minimum Gasteiger partial charge on any atom is -0.507 e. The van der Waals surface area contributed by atoms with E-state index < -0.39 is 0 Å². The Morgan fingerprint density at radius 1 is 1.41 bits per heavy atom. The fraction of sp³-hybridized carbons (Fsp3) is 0.500. The molecule has 1 saturated carbocycles. The number of phenols is 1. The van der Waals surface area contributed by atoms with E-state index in [1.807, 2.05) is 13.8 Å². The Hall–Kier alpha value is -1.51. The third-order valence-corrected chi connectivity index (χ3v) is 3.52. The number of hydrogen-bond acceptors (Lipinski definition) is 2. The van der Waals surface area contributed by atoms with Crippen molar-refractivity contribution in [2.45, 2.75) is 39.2 Å². The summed E-state index contributed by atoms with van der Waals surface area (Å²) >= 11 is 0. The number of benzene rings is 1. The quantitative estimate of drug-likeness (QED) is 0.843. The van der Waals surface area contributed by atoms with Gasteiger partial charge in [-0.25, -0.2) is 0 Å². The summed E-state index contributed by atoms with van der Waals surface area (Å²) in [5.41, 5.74) is 0.897. The molecule has 92 valence electrons. The molecule has 1 aliphatic carbocycles. The second-order valence-electron chi connectivity index (χ2n) is 5.42. The Morgan fingerprint density at radius 3 is 2.65 bits per heavy atom. The van der Waals surface area contributed by atoms with Gasteiger partial charge in [-0.05, 0) is 51.2 Å². The molecule has 3 nitrogen and oxygen atoms in total. The number of carbonyl (C=O) groups excluding carboxylic acids is 1. The molecule has 0 aromatic heterocycles. The van der Waals surface area contributed by atoms with E-state index in [9.17, 15) is 9.90 Å². The van der Waals surface area contributed by atoms with Gasteiger partial charge in [-0.1, -0.05) is 12.1 Å². The van der Waals surface area contributed by atoms with Gasteiger partial charge in [-0.15, -0.1) is 0 Å². The van der Waals surface area contributed by atoms with E-state index in [0.29, 0.717) is 11.5 Å². The lowest BCUT2D eigenvalue weighted by atomic mass is 9.97. The zero-order chi connectivity index (χ0) is 12.6. The SMILES string of the molecule is Cc1cccc(C(=O)NC(C)(C)C2CC2)c1O. The van der Waals surface area contributed by atoms with E-state index in [0.717, 1.165) is 5.56 Å². The minimum atomic E-state index is -0.192. The van der Waals surface area contributed by atoms with Gasteiger partial charge < -0.3 is 10.4 Å². The highest BCUT2D eigenvalue weighted by molar-refractivity contribution is 5.97. The number of rotatable bonds is 3. The fourth-order valence-corrected chi connectivity index (χ4v) is 2.11. The van der Waals surface area contributed by atoms with E-state index in [1.54, 1.807) is 25.1 Å². The topological polar surface area (TPSA) is 49.3 Å². The summed E-state index contributed by atoms with van der Waals surface area (Å²) in [5.74, 6) is 0.457. The summed E-state index contributed by atoms with van der Waals surface area (Å²) in [6, 6.07) is 5.23. The molecule has 2 N–H and O–H groups in total. The largest absolute Gasteiger partial charge is 0.507 e. The van der Waals surface area contributed by atoms with Crippen LogP contribution in [0.3, 0.4) is 0 Å². The van der Waals surface area contributed by atoms with Gasteiger partial charge in [-0.2, -0.15) is 0 Å². The number of amides is 1. The second kappa shape index (κ2) is 4.06. The molecule has 1 fully saturated rings. The average molecular weight is 233 g/mol. The lowest BCUT2D eigenvalue weighted by molar-refractivity contribution is 0.0900. The van der Waals surface area contributed by atoms with Crippen LogP contribution in [0.25, 0.3) is 0 Å². The molecule has 0 bridgehead atoms. The molecule has 0 saturated heterocycles. The lowest BCUT2D eigenvalue weighted by Crippen LogP contribution is -2.45. The zero-order valence-electron chi connectivity index (χ0n) is 10.6. The number of hydrogen-bond donors (Lipinski definition) is 2. The Balaban J connectivity index is 2.17. The fourth-order valence-electron chi connectivity index (χ4n) is 2.11. The molecule has 1 aromatic rings. The van der Waals surface area contributed by atoms with Crippen LogP contribution in [-0.4, -0.2) is 16.6 Å². The first kappa shape index (κ1) is 12.0. The van der Waals surface area contributed by atoms with Gasteiger partial charge in [0.2, 0.25) is 0 Å². The van der Waals surface area contributed by atoms with E-state index in [4.69, 9.17) is 0 Å². The van der Waals surface area contributed by atoms with Crippen molar-refractivity contribution in [1.29, 1.82) is 0 Å². The molecule has 0 heterocycles. The maximum absolute atomic E-state index is 12.1. The van der Waals surface area contributed by atoms with Crippen molar-refractivity contribution < 1.29 is 9.90 Å². The Bertz CT molecular complexity index is 448. The lowest BCUT2D eigenvalue weighted by Gasteiger charge is -2.26. The van der Waals surface area contributed by atoms with Gasteiger partial charge in [0.05, 0.1) is 5.56 Å². The van der Waals surface area contributed by atoms with Crippen molar-refractivity contribution in [2.24, 2.45) is 5.92 Å². The van der Waals surface area contributed by atoms with E-state index in [-0.39, 0.29) is 17.2 Å². The first-order chi connectivity index (χ1) is 7.92. The van der Waals surface area contributed by atoms with Gasteiger partial charge in [0.15, 0.2) is 0 Å². The van der Waals surface area contributed by atoms with Crippen molar-refractivity contribution in [3.63, 3.8) is 0 Å². The maximum atomic E-state index is 12.1. The summed E-state index contributed by atoms with van der Waals surface area (Å²) in [7, 11) is 0. The minimum absolute atomic E-state index is 0.0802. The second-order valence-corrected chi connectivity index (χ2v) is 5.42. The normalized spacial score (nSPS) is 15.7. The standard InChI is InChI=1S/C14H19NO2/c1-9-5-4-6-11(12(9)16)13(17)15-14(2,3)10-7-8-10/h4-6,10,16H,7-8H2,1-3H3,(H,15,17). The molecule has 0 unspecified atom stereocenters. The molecule has 0 radical (unpaired) electrons. The van der Waals surface area contributed by atoms with E-state index >= 15 is 0 Å². The first-order valence-corrected chi connectivity index (χ1v) is 6.03. The highest BCUT2D eigenvalue weighted by atomic mass is 16.3. The van der Waals surface area contributed by atoms with Crippen LogP contribution in [0.5, 0.6) is 5.75 Å². The molecule has 1 amide bonds. The van der Waals surface area contributed by atoms with Crippen molar-refractivity contribution in [3.8, 4) is 5.75 Å². The van der Waals surface area contributed by atoms with Gasteiger partial charge in [0.25, 0.3) is 5.91 Å². The molecule has 3 heteroatoms. The molecule has 0 aliphatic heterocycles. The van der Waals surface area contributed by atoms with Crippen LogP contribution in [0, 0.1) is 12.8 Å². The number of aromatic hydroxyl groups is 1. The van der Waals surface area contributed by atoms with E-state index in [2.05, 4.69) is 5.32 Å². The smallest absolute Gasteiger partial charge is 0.255 e. The molecule has 0 spiro atoms. The number of carbonyl (C=O) groups is 1. The predicted octanol–water partition coefficient (Wildman–Crippen LogP) is 2.62. The maximum Gasteiger partial charge on any atom is 0.255 e. The average Bonchev–Trinajstić information content (AvgIpc) is 3.04. The molecular weight excluding hydrogens is 214 g/mol. The Kier molecular flexibility index (Phi) is 2.86. The van der Waals surface area contributed by atoms with Gasteiger partial charge in [-0.3, -0.25) is 4.79 Å². The number of para-hydroxylation sites is 1. The highest BCUT2D eigenvalue weighted by Crippen LogP contribution is 2.39. The van der Waals surface area contributed by atoms with Crippen LogP contribution in [0.4, 0.5) is 0 Å². The van der Waals surface area contributed by atoms with Gasteiger partial charge >= 0.3 is 0 Å². The summed E-state index contributed by atoms with van der Waals surface area (Å²) in [4.78, 5) is 12.1. The number of nitrogens with one attached hydrogen (secondary N) is 1. The molecule has 0 atom stereocenters. The summed E-state index contributed by atoms with van der Waals surface area (Å²) < 4.78 is 0. The highest BCUT2D eigenvalue weighted by Gasteiger charge is 2.39. The predicted molar refractivity (Wildman–Crippen MR) is 67.1 cm³/mol. The first-order valence-electron chi connectivity index (χ1n) is 6.03. The summed E-state index contributed by atoms with van der Waals surface area (Å²) in [5, 5.41) is 12.9. The third-order valence-electron chi connectivity index (χ3n) is 3.52. The molecular formula is C14H19NO2. The van der Waals surface area contributed by atoms with E-state index in [1.165, 1.54) is 12.8 Å². The Labute approximate surface area is 102 Å². The van der Waals surface area contributed by atoms with Crippen LogP contribution in [0.15, 0.2) is 18.2 Å². The summed E-state index contributed by atoms with van der Waals surface area (Å²) in [6.07, 6.45) is 2.35. The van der Waals surface area contributed by atoms with Crippen molar-refractivity contribution in [3.05, 3.63) is 29.3 Å². The van der Waals surface area contributed by atoms with Crippen LogP contribution in [-0.2, 0) is 0 Å². The van der Waals surface area contributed by atoms with Crippen LogP contribution >= 0.6 is 0 Å². The number of aryl methyl sites for hydroxylation is 1. The van der Waals surface area contributed by atoms with Crippen molar-refractivity contribution in [1.82, 2.24) is 5.32 Å². The van der Waals surface area contributed by atoms with Gasteiger partial charge in [0.1, 0.15) is 5.75 Å². The van der Waals surface area contributed by atoms with Gasteiger partial charge in [0, 0.05) is 5.54 Å². The van der Waals surface area contributed by atoms with Crippen molar-refractivity contribution >= 4 is 5.91 Å².